The third kappa shape index (κ3) is 1.68. The molecule has 0 nitrogen and oxygen atoms in total. The van der Waals surface area contributed by atoms with Crippen LogP contribution in [0.4, 0.5) is 4.39 Å². The maximum Gasteiger partial charge on any atom is 0.114 e. The fourth-order valence-corrected chi connectivity index (χ4v) is 1.47. The number of halogens is 2. The molecule has 1 rings (SSSR count). The van der Waals surface area contributed by atoms with Crippen molar-refractivity contribution in [2.24, 2.45) is 5.92 Å². The van der Waals surface area contributed by atoms with Crippen LogP contribution >= 0.6 is 11.6 Å². The molecular formula is C7H10ClF. The lowest BCUT2D eigenvalue weighted by Gasteiger charge is -2.01. The summed E-state index contributed by atoms with van der Waals surface area (Å²) in [6.07, 6.45) is 4.27. The van der Waals surface area contributed by atoms with Crippen LogP contribution in [0.5, 0.6) is 0 Å². The first-order valence-electron chi connectivity index (χ1n) is 3.30. The molecule has 0 N–H and O–H groups in total. The third-order valence-corrected chi connectivity index (χ3v) is 2.06. The summed E-state index contributed by atoms with van der Waals surface area (Å²) in [6.45, 7) is 0. The number of allylic oxidation sites excluding steroid dienone is 1. The van der Waals surface area contributed by atoms with Gasteiger partial charge in [-0.1, -0.05) is 24.4 Å². The molecule has 0 aromatic carbocycles. The maximum absolute atomic E-state index is 12.6. The lowest BCUT2D eigenvalue weighted by atomic mass is 10.1. The zero-order chi connectivity index (χ0) is 6.69. The van der Waals surface area contributed by atoms with Crippen molar-refractivity contribution < 1.29 is 4.39 Å². The van der Waals surface area contributed by atoms with Gasteiger partial charge in [-0.2, -0.15) is 0 Å². The second-order valence-electron chi connectivity index (χ2n) is 2.48. The van der Waals surface area contributed by atoms with Gasteiger partial charge in [0, 0.05) is 11.5 Å². The molecule has 9 heavy (non-hydrogen) atoms. The highest BCUT2D eigenvalue weighted by Gasteiger charge is 2.18. The van der Waals surface area contributed by atoms with Gasteiger partial charge in [-0.3, -0.25) is 0 Å². The largest absolute Gasteiger partial charge is 0.211 e. The predicted molar refractivity (Wildman–Crippen MR) is 37.0 cm³/mol. The minimum Gasteiger partial charge on any atom is -0.211 e. The Hall–Kier alpha value is -0.0400. The molecule has 0 bridgehead atoms. The smallest absolute Gasteiger partial charge is 0.114 e. The average molecular weight is 149 g/mol. The van der Waals surface area contributed by atoms with Gasteiger partial charge in [0.1, 0.15) is 5.83 Å². The highest BCUT2D eigenvalue weighted by Crippen LogP contribution is 2.31. The zero-order valence-electron chi connectivity index (χ0n) is 5.24. The van der Waals surface area contributed by atoms with E-state index < -0.39 is 0 Å². The van der Waals surface area contributed by atoms with Crippen molar-refractivity contribution in [2.75, 3.05) is 0 Å². The van der Waals surface area contributed by atoms with E-state index in [0.29, 0.717) is 0 Å². The summed E-state index contributed by atoms with van der Waals surface area (Å²) in [6, 6.07) is 0. The summed E-state index contributed by atoms with van der Waals surface area (Å²) in [7, 11) is 0. The SMILES string of the molecule is F/C(=C\Cl)C1CCCC1. The molecule has 0 atom stereocenters. The van der Waals surface area contributed by atoms with E-state index in [1.807, 2.05) is 0 Å². The number of hydrogen-bond acceptors (Lipinski definition) is 0. The second kappa shape index (κ2) is 3.21. The Morgan fingerprint density at radius 1 is 1.44 bits per heavy atom. The van der Waals surface area contributed by atoms with Gasteiger partial charge in [0.2, 0.25) is 0 Å². The molecule has 1 fully saturated rings. The summed E-state index contributed by atoms with van der Waals surface area (Å²) >= 11 is 5.19. The molecule has 2 heteroatoms. The molecule has 0 unspecified atom stereocenters. The van der Waals surface area contributed by atoms with Crippen LogP contribution in [0.25, 0.3) is 0 Å². The normalized spacial score (nSPS) is 23.1. The van der Waals surface area contributed by atoms with Gasteiger partial charge in [0.25, 0.3) is 0 Å². The zero-order valence-corrected chi connectivity index (χ0v) is 5.99. The molecular weight excluding hydrogens is 139 g/mol. The molecule has 52 valence electrons. The Balaban J connectivity index is 2.42. The molecule has 1 aliphatic carbocycles. The lowest BCUT2D eigenvalue weighted by molar-refractivity contribution is 0.476. The quantitative estimate of drug-likeness (QED) is 0.536. The number of hydrogen-bond donors (Lipinski definition) is 0. The van der Waals surface area contributed by atoms with Crippen LogP contribution in [0.2, 0.25) is 0 Å². The van der Waals surface area contributed by atoms with Crippen molar-refractivity contribution in [1.29, 1.82) is 0 Å². The van der Waals surface area contributed by atoms with Gasteiger partial charge in [0.05, 0.1) is 0 Å². The van der Waals surface area contributed by atoms with E-state index in [2.05, 4.69) is 0 Å². The van der Waals surface area contributed by atoms with Crippen LogP contribution < -0.4 is 0 Å². The van der Waals surface area contributed by atoms with Crippen LogP contribution in [0.15, 0.2) is 11.4 Å². The topological polar surface area (TPSA) is 0 Å². The van der Waals surface area contributed by atoms with Gasteiger partial charge in [-0.05, 0) is 12.8 Å². The molecule has 0 aromatic heterocycles. The third-order valence-electron chi connectivity index (χ3n) is 1.85. The lowest BCUT2D eigenvalue weighted by Crippen LogP contribution is -1.91. The second-order valence-corrected chi connectivity index (χ2v) is 2.69. The molecule has 0 aromatic rings. The Kier molecular flexibility index (Phi) is 2.52. The van der Waals surface area contributed by atoms with Gasteiger partial charge < -0.3 is 0 Å². The van der Waals surface area contributed by atoms with E-state index in [4.69, 9.17) is 11.6 Å². The van der Waals surface area contributed by atoms with Crippen molar-refractivity contribution in [3.8, 4) is 0 Å². The molecule has 0 saturated heterocycles. The van der Waals surface area contributed by atoms with Crippen molar-refractivity contribution in [3.05, 3.63) is 11.4 Å². The van der Waals surface area contributed by atoms with E-state index in [1.54, 1.807) is 0 Å². The van der Waals surface area contributed by atoms with Gasteiger partial charge >= 0.3 is 0 Å². The molecule has 0 aliphatic heterocycles. The summed E-state index contributed by atoms with van der Waals surface area (Å²) in [5, 5.41) is 0. The summed E-state index contributed by atoms with van der Waals surface area (Å²) < 4.78 is 12.6. The molecule has 0 amide bonds. The van der Waals surface area contributed by atoms with Crippen LogP contribution in [0.3, 0.4) is 0 Å². The van der Waals surface area contributed by atoms with E-state index >= 15 is 0 Å². The average Bonchev–Trinajstić information content (AvgIpc) is 2.37. The summed E-state index contributed by atoms with van der Waals surface area (Å²) in [5.41, 5.74) is 1.07. The predicted octanol–water partition coefficient (Wildman–Crippen LogP) is 3.23. The minimum absolute atomic E-state index is 0.130. The van der Waals surface area contributed by atoms with Gasteiger partial charge in [-0.15, -0.1) is 0 Å². The van der Waals surface area contributed by atoms with Crippen LogP contribution in [-0.4, -0.2) is 0 Å². The Bertz CT molecular complexity index is 114. The fourth-order valence-electron chi connectivity index (χ4n) is 1.29. The van der Waals surface area contributed by atoms with E-state index in [1.165, 1.54) is 0 Å². The Labute approximate surface area is 59.7 Å². The van der Waals surface area contributed by atoms with E-state index in [9.17, 15) is 4.39 Å². The maximum atomic E-state index is 12.6. The first-order valence-corrected chi connectivity index (χ1v) is 3.74. The molecule has 1 saturated carbocycles. The van der Waals surface area contributed by atoms with Crippen LogP contribution in [-0.2, 0) is 0 Å². The Morgan fingerprint density at radius 2 is 2.00 bits per heavy atom. The van der Waals surface area contributed by atoms with Crippen molar-refractivity contribution >= 4 is 11.6 Å². The van der Waals surface area contributed by atoms with Crippen molar-refractivity contribution in [1.82, 2.24) is 0 Å². The van der Waals surface area contributed by atoms with Crippen LogP contribution in [0.1, 0.15) is 25.7 Å². The van der Waals surface area contributed by atoms with Gasteiger partial charge in [-0.25, -0.2) is 4.39 Å². The first kappa shape index (κ1) is 7.07. The molecule has 0 spiro atoms. The molecule has 1 aliphatic rings. The molecule has 0 radical (unpaired) electrons. The highest BCUT2D eigenvalue weighted by molar-refractivity contribution is 6.25. The van der Waals surface area contributed by atoms with Crippen molar-refractivity contribution in [3.63, 3.8) is 0 Å². The Morgan fingerprint density at radius 3 is 2.44 bits per heavy atom. The van der Waals surface area contributed by atoms with E-state index in [0.717, 1.165) is 31.2 Å². The fraction of sp³-hybridized carbons (Fsp3) is 0.714. The van der Waals surface area contributed by atoms with Gasteiger partial charge in [0.15, 0.2) is 0 Å². The first-order chi connectivity index (χ1) is 4.34. The summed E-state index contributed by atoms with van der Waals surface area (Å²) in [4.78, 5) is 0. The van der Waals surface area contributed by atoms with E-state index in [-0.39, 0.29) is 11.7 Å². The molecule has 0 heterocycles. The highest BCUT2D eigenvalue weighted by atomic mass is 35.5. The monoisotopic (exact) mass is 148 g/mol. The van der Waals surface area contributed by atoms with Crippen LogP contribution in [0, 0.1) is 5.92 Å². The van der Waals surface area contributed by atoms with Crippen molar-refractivity contribution in [2.45, 2.75) is 25.7 Å². The summed E-state index contributed by atoms with van der Waals surface area (Å²) in [5.74, 6) is 0.0108. The minimum atomic E-state index is -0.130. The number of rotatable bonds is 1. The standard InChI is InChI=1S/C7H10ClF/c8-5-7(9)6-3-1-2-4-6/h5-6H,1-4H2/b7-5-.